The van der Waals surface area contributed by atoms with Crippen molar-refractivity contribution < 1.29 is 4.43 Å². The van der Waals surface area contributed by atoms with Gasteiger partial charge in [-0.25, -0.2) is 0 Å². The number of terminal acetylenes is 1. The molecule has 0 heterocycles. The molecular weight excluding hydrogens is 200 g/mol. The summed E-state index contributed by atoms with van der Waals surface area (Å²) in [5.41, 5.74) is 2.34. The third kappa shape index (κ3) is 3.37. The summed E-state index contributed by atoms with van der Waals surface area (Å²) in [6, 6.07) is 0. The van der Waals surface area contributed by atoms with Crippen LogP contribution >= 0.6 is 0 Å². The molecule has 15 heavy (non-hydrogen) atoms. The molecule has 0 aromatic rings. The van der Waals surface area contributed by atoms with Crippen molar-refractivity contribution in [1.29, 1.82) is 0 Å². The second kappa shape index (κ2) is 4.38. The van der Waals surface area contributed by atoms with Crippen LogP contribution in [-0.2, 0) is 4.43 Å². The van der Waals surface area contributed by atoms with Crippen LogP contribution < -0.4 is 0 Å². The van der Waals surface area contributed by atoms with E-state index >= 15 is 0 Å². The molecule has 0 aliphatic heterocycles. The second-order valence-electron chi connectivity index (χ2n) is 5.09. The molecule has 0 aromatic heterocycles. The largest absolute Gasteiger partial charge is 0.411 e. The summed E-state index contributed by atoms with van der Waals surface area (Å²) in [6.07, 6.45) is 8.69. The van der Waals surface area contributed by atoms with Crippen LogP contribution in [0.25, 0.3) is 0 Å². The van der Waals surface area contributed by atoms with E-state index in [4.69, 9.17) is 10.8 Å². The summed E-state index contributed by atoms with van der Waals surface area (Å²) in [4.78, 5) is 0. The van der Waals surface area contributed by atoms with Crippen molar-refractivity contribution in [2.45, 2.75) is 39.1 Å². The van der Waals surface area contributed by atoms with Crippen molar-refractivity contribution in [3.8, 4) is 12.3 Å². The Kier molecular flexibility index (Phi) is 3.59. The van der Waals surface area contributed by atoms with Gasteiger partial charge in [0.05, 0.1) is 6.10 Å². The zero-order valence-corrected chi connectivity index (χ0v) is 11.1. The number of hydrogen-bond acceptors (Lipinski definition) is 1. The van der Waals surface area contributed by atoms with Gasteiger partial charge in [0.2, 0.25) is 0 Å². The van der Waals surface area contributed by atoms with Gasteiger partial charge in [-0.2, -0.15) is 0 Å². The van der Waals surface area contributed by atoms with E-state index in [1.165, 1.54) is 5.57 Å². The summed E-state index contributed by atoms with van der Waals surface area (Å²) in [5, 5.41) is 0. The molecule has 0 bridgehead atoms. The topological polar surface area (TPSA) is 9.23 Å². The Balaban J connectivity index is 2.73. The van der Waals surface area contributed by atoms with Gasteiger partial charge in [0.1, 0.15) is 0 Å². The zero-order valence-electron chi connectivity index (χ0n) is 10.1. The molecule has 1 unspecified atom stereocenters. The van der Waals surface area contributed by atoms with Crippen LogP contribution in [0.3, 0.4) is 0 Å². The Morgan fingerprint density at radius 2 is 2.20 bits per heavy atom. The van der Waals surface area contributed by atoms with Gasteiger partial charge in [-0.1, -0.05) is 18.6 Å². The molecule has 1 aliphatic rings. The highest BCUT2D eigenvalue weighted by molar-refractivity contribution is 6.69. The lowest BCUT2D eigenvalue weighted by Crippen LogP contribution is -2.30. The summed E-state index contributed by atoms with van der Waals surface area (Å²) in [5.74, 6) is 2.91. The van der Waals surface area contributed by atoms with Crippen LogP contribution in [0, 0.1) is 18.3 Å². The molecule has 0 aromatic carbocycles. The Bertz CT molecular complexity index is 327. The standard InChI is InChI=1S/C13H20OSi/c1-7-10(2)13-9-12(8-11(13)3)14-15(4,5)6/h1,9-10,12H,3,8H2,2,4-6H3/t10?,12-/m0/s1. The van der Waals surface area contributed by atoms with Crippen LogP contribution in [0.15, 0.2) is 23.8 Å². The van der Waals surface area contributed by atoms with Gasteiger partial charge in [-0.15, -0.1) is 6.42 Å². The third-order valence-electron chi connectivity index (χ3n) is 2.44. The summed E-state index contributed by atoms with van der Waals surface area (Å²) in [6.45, 7) is 12.7. The molecular formula is C13H20OSi. The van der Waals surface area contributed by atoms with E-state index < -0.39 is 8.32 Å². The van der Waals surface area contributed by atoms with Crippen LogP contribution in [0.5, 0.6) is 0 Å². The minimum Gasteiger partial charge on any atom is -0.411 e. The Hall–Kier alpha value is -0.783. The molecule has 2 atom stereocenters. The Labute approximate surface area is 94.4 Å². The zero-order chi connectivity index (χ0) is 11.6. The molecule has 0 saturated heterocycles. The summed E-state index contributed by atoms with van der Waals surface area (Å²) >= 11 is 0. The smallest absolute Gasteiger partial charge is 0.184 e. The third-order valence-corrected chi connectivity index (χ3v) is 3.45. The van der Waals surface area contributed by atoms with Crippen molar-refractivity contribution in [2.24, 2.45) is 5.92 Å². The molecule has 0 N–H and O–H groups in total. The number of allylic oxidation sites excluding steroid dienone is 1. The van der Waals surface area contributed by atoms with E-state index in [1.807, 2.05) is 6.92 Å². The second-order valence-corrected chi connectivity index (χ2v) is 9.55. The predicted molar refractivity (Wildman–Crippen MR) is 68.1 cm³/mol. The van der Waals surface area contributed by atoms with Crippen molar-refractivity contribution in [3.05, 3.63) is 23.8 Å². The molecule has 1 rings (SSSR count). The average molecular weight is 220 g/mol. The first kappa shape index (κ1) is 12.3. The van der Waals surface area contributed by atoms with E-state index in [2.05, 4.69) is 38.2 Å². The fraction of sp³-hybridized carbons (Fsp3) is 0.538. The average Bonchev–Trinajstić information content (AvgIpc) is 2.42. The molecule has 82 valence electrons. The van der Waals surface area contributed by atoms with Gasteiger partial charge < -0.3 is 4.43 Å². The lowest BCUT2D eigenvalue weighted by molar-refractivity contribution is 0.249. The Morgan fingerprint density at radius 3 is 2.67 bits per heavy atom. The van der Waals surface area contributed by atoms with E-state index in [1.54, 1.807) is 0 Å². The van der Waals surface area contributed by atoms with Gasteiger partial charge >= 0.3 is 0 Å². The van der Waals surface area contributed by atoms with Gasteiger partial charge in [0, 0.05) is 12.3 Å². The van der Waals surface area contributed by atoms with E-state index in [-0.39, 0.29) is 12.0 Å². The SMILES string of the molecule is C#CC(C)C1=C[C@@H](O[Si](C)(C)C)CC1=C. The Morgan fingerprint density at radius 1 is 1.60 bits per heavy atom. The first-order valence-electron chi connectivity index (χ1n) is 5.37. The van der Waals surface area contributed by atoms with Crippen LogP contribution in [-0.4, -0.2) is 14.4 Å². The number of rotatable bonds is 3. The maximum Gasteiger partial charge on any atom is 0.184 e. The normalized spacial score (nSPS) is 23.5. The maximum absolute atomic E-state index is 6.03. The predicted octanol–water partition coefficient (Wildman–Crippen LogP) is 3.36. The molecule has 0 spiro atoms. The lowest BCUT2D eigenvalue weighted by Gasteiger charge is -2.21. The summed E-state index contributed by atoms with van der Waals surface area (Å²) < 4.78 is 6.03. The van der Waals surface area contributed by atoms with Crippen molar-refractivity contribution in [1.82, 2.24) is 0 Å². The molecule has 1 aliphatic carbocycles. The lowest BCUT2D eigenvalue weighted by atomic mass is 9.98. The van der Waals surface area contributed by atoms with Crippen molar-refractivity contribution >= 4 is 8.32 Å². The highest BCUT2D eigenvalue weighted by atomic mass is 28.4. The summed E-state index contributed by atoms with van der Waals surface area (Å²) in [7, 11) is -1.46. The monoisotopic (exact) mass is 220 g/mol. The molecule has 0 fully saturated rings. The quantitative estimate of drug-likeness (QED) is 0.523. The van der Waals surface area contributed by atoms with Gasteiger partial charge in [-0.05, 0) is 37.7 Å². The van der Waals surface area contributed by atoms with Crippen molar-refractivity contribution in [2.75, 3.05) is 0 Å². The maximum atomic E-state index is 6.03. The first-order valence-corrected chi connectivity index (χ1v) is 8.78. The van der Waals surface area contributed by atoms with E-state index in [9.17, 15) is 0 Å². The number of hydrogen-bond donors (Lipinski definition) is 0. The highest BCUT2D eigenvalue weighted by Crippen LogP contribution is 2.32. The minimum absolute atomic E-state index is 0.160. The van der Waals surface area contributed by atoms with Crippen molar-refractivity contribution in [3.63, 3.8) is 0 Å². The van der Waals surface area contributed by atoms with E-state index in [0.717, 1.165) is 12.0 Å². The van der Waals surface area contributed by atoms with Gasteiger partial charge in [-0.3, -0.25) is 0 Å². The fourth-order valence-electron chi connectivity index (χ4n) is 1.81. The highest BCUT2D eigenvalue weighted by Gasteiger charge is 2.27. The first-order chi connectivity index (χ1) is 6.83. The molecule has 2 heteroatoms. The molecule has 0 radical (unpaired) electrons. The molecule has 0 amide bonds. The van der Waals surface area contributed by atoms with Gasteiger partial charge in [0.15, 0.2) is 8.32 Å². The molecule has 1 nitrogen and oxygen atoms in total. The van der Waals surface area contributed by atoms with Crippen LogP contribution in [0.2, 0.25) is 19.6 Å². The van der Waals surface area contributed by atoms with Gasteiger partial charge in [0.25, 0.3) is 0 Å². The fourth-order valence-corrected chi connectivity index (χ4v) is 2.87. The molecule has 0 saturated carbocycles. The van der Waals surface area contributed by atoms with Crippen LogP contribution in [0.4, 0.5) is 0 Å². The van der Waals surface area contributed by atoms with Crippen LogP contribution in [0.1, 0.15) is 13.3 Å². The van der Waals surface area contributed by atoms with E-state index in [0.29, 0.717) is 0 Å². The minimum atomic E-state index is -1.46.